The number of carboxylic acids is 2. The molecule has 5 N–H and O–H groups in total. The van der Waals surface area contributed by atoms with E-state index in [4.69, 9.17) is 15.9 Å². The standard InChI is InChI=1S/C12H14N2O5/c13-9(5-6-10(15)16)11(17)14-8-3-1-7(2-4-8)12(18)19/h1-4,9H,5-6,13H2,(H,14,17)(H,15,16)(H,18,19)/t9-/m0/s1. The van der Waals surface area contributed by atoms with Gasteiger partial charge in [-0.1, -0.05) is 0 Å². The second-order valence-electron chi connectivity index (χ2n) is 3.91. The van der Waals surface area contributed by atoms with Gasteiger partial charge in [-0.05, 0) is 30.7 Å². The lowest BCUT2D eigenvalue weighted by atomic mass is 10.1. The first-order valence-electron chi connectivity index (χ1n) is 5.51. The molecule has 0 heterocycles. The molecule has 0 fully saturated rings. The number of benzene rings is 1. The SMILES string of the molecule is N[C@@H](CCC(=O)O)C(=O)Nc1ccc(C(=O)O)cc1. The van der Waals surface area contributed by atoms with Crippen LogP contribution < -0.4 is 11.1 Å². The highest BCUT2D eigenvalue weighted by Crippen LogP contribution is 2.10. The average molecular weight is 266 g/mol. The highest BCUT2D eigenvalue weighted by atomic mass is 16.4. The maximum atomic E-state index is 11.6. The Morgan fingerprint density at radius 3 is 2.21 bits per heavy atom. The van der Waals surface area contributed by atoms with Crippen molar-refractivity contribution in [1.82, 2.24) is 0 Å². The number of aromatic carboxylic acids is 1. The molecule has 1 aromatic rings. The predicted molar refractivity (Wildman–Crippen MR) is 66.9 cm³/mol. The monoisotopic (exact) mass is 266 g/mol. The Kier molecular flexibility index (Phi) is 5.01. The maximum absolute atomic E-state index is 11.6. The van der Waals surface area contributed by atoms with Crippen molar-refractivity contribution in [1.29, 1.82) is 0 Å². The Morgan fingerprint density at radius 2 is 1.74 bits per heavy atom. The van der Waals surface area contributed by atoms with Crippen molar-refractivity contribution in [3.8, 4) is 0 Å². The predicted octanol–water partition coefficient (Wildman–Crippen LogP) is 0.515. The van der Waals surface area contributed by atoms with Crippen LogP contribution in [0.1, 0.15) is 23.2 Å². The third-order valence-corrected chi connectivity index (χ3v) is 2.41. The highest BCUT2D eigenvalue weighted by Gasteiger charge is 2.15. The summed E-state index contributed by atoms with van der Waals surface area (Å²) in [5.41, 5.74) is 6.03. The summed E-state index contributed by atoms with van der Waals surface area (Å²) in [6.07, 6.45) is -0.152. The van der Waals surface area contributed by atoms with Gasteiger partial charge in [0.2, 0.25) is 5.91 Å². The molecule has 19 heavy (non-hydrogen) atoms. The molecular weight excluding hydrogens is 252 g/mol. The number of carbonyl (C=O) groups excluding carboxylic acids is 1. The third kappa shape index (κ3) is 4.76. The van der Waals surface area contributed by atoms with Crippen molar-refractivity contribution in [3.05, 3.63) is 29.8 Å². The summed E-state index contributed by atoms with van der Waals surface area (Å²) in [6.45, 7) is 0. The molecule has 7 heteroatoms. The van der Waals surface area contributed by atoms with E-state index in [1.165, 1.54) is 24.3 Å². The van der Waals surface area contributed by atoms with Crippen molar-refractivity contribution in [2.24, 2.45) is 5.73 Å². The Morgan fingerprint density at radius 1 is 1.16 bits per heavy atom. The lowest BCUT2D eigenvalue weighted by Crippen LogP contribution is -2.36. The number of hydrogen-bond donors (Lipinski definition) is 4. The van der Waals surface area contributed by atoms with Crippen LogP contribution in [0.3, 0.4) is 0 Å². The average Bonchev–Trinajstić information content (AvgIpc) is 2.36. The van der Waals surface area contributed by atoms with Crippen LogP contribution in [0.2, 0.25) is 0 Å². The van der Waals surface area contributed by atoms with Gasteiger partial charge < -0.3 is 21.3 Å². The molecule has 0 aliphatic carbocycles. The van der Waals surface area contributed by atoms with E-state index in [9.17, 15) is 14.4 Å². The van der Waals surface area contributed by atoms with Gasteiger partial charge in [0.1, 0.15) is 0 Å². The molecule has 1 atom stereocenters. The maximum Gasteiger partial charge on any atom is 0.335 e. The Labute approximate surface area is 109 Å². The number of carboxylic acid groups (broad SMARTS) is 2. The van der Waals surface area contributed by atoms with Gasteiger partial charge in [-0.3, -0.25) is 9.59 Å². The minimum atomic E-state index is -1.06. The van der Waals surface area contributed by atoms with Gasteiger partial charge in [0.25, 0.3) is 0 Å². The van der Waals surface area contributed by atoms with Gasteiger partial charge in [-0.2, -0.15) is 0 Å². The van der Waals surface area contributed by atoms with E-state index >= 15 is 0 Å². The van der Waals surface area contributed by atoms with E-state index in [0.717, 1.165) is 0 Å². The molecule has 0 aliphatic rings. The number of rotatable bonds is 6. The fourth-order valence-electron chi connectivity index (χ4n) is 1.34. The number of anilines is 1. The van der Waals surface area contributed by atoms with Crippen molar-refractivity contribution < 1.29 is 24.6 Å². The summed E-state index contributed by atoms with van der Waals surface area (Å²) in [6, 6.07) is 4.65. The van der Waals surface area contributed by atoms with Gasteiger partial charge >= 0.3 is 11.9 Å². The fraction of sp³-hybridized carbons (Fsp3) is 0.250. The second-order valence-corrected chi connectivity index (χ2v) is 3.91. The minimum absolute atomic E-state index is 0.0361. The second kappa shape index (κ2) is 6.50. The van der Waals surface area contributed by atoms with Crippen LogP contribution in [-0.4, -0.2) is 34.1 Å². The summed E-state index contributed by atoms with van der Waals surface area (Å²) in [7, 11) is 0. The first-order valence-corrected chi connectivity index (χ1v) is 5.51. The number of amides is 1. The molecule has 7 nitrogen and oxygen atoms in total. The Balaban J connectivity index is 2.56. The van der Waals surface area contributed by atoms with Gasteiger partial charge in [0.15, 0.2) is 0 Å². The van der Waals surface area contributed by atoms with Crippen LogP contribution in [0.15, 0.2) is 24.3 Å². The summed E-state index contributed by atoms with van der Waals surface area (Å²) < 4.78 is 0. The van der Waals surface area contributed by atoms with Gasteiger partial charge in [0.05, 0.1) is 11.6 Å². The molecule has 0 radical (unpaired) electrons. The van der Waals surface area contributed by atoms with Crippen LogP contribution in [0.5, 0.6) is 0 Å². The molecule has 0 aromatic heterocycles. The van der Waals surface area contributed by atoms with Crippen LogP contribution in [0.25, 0.3) is 0 Å². The van der Waals surface area contributed by atoms with Crippen molar-refractivity contribution in [3.63, 3.8) is 0 Å². The lowest BCUT2D eigenvalue weighted by molar-refractivity contribution is -0.137. The molecule has 1 amide bonds. The zero-order chi connectivity index (χ0) is 14.4. The molecule has 1 rings (SSSR count). The molecule has 0 aliphatic heterocycles. The molecule has 0 saturated carbocycles. The van der Waals surface area contributed by atoms with Crippen LogP contribution in [-0.2, 0) is 9.59 Å². The van der Waals surface area contributed by atoms with E-state index in [-0.39, 0.29) is 18.4 Å². The van der Waals surface area contributed by atoms with Crippen LogP contribution >= 0.6 is 0 Å². The zero-order valence-corrected chi connectivity index (χ0v) is 10.00. The molecular formula is C12H14N2O5. The molecule has 1 aromatic carbocycles. The summed E-state index contributed by atoms with van der Waals surface area (Å²) >= 11 is 0. The quantitative estimate of drug-likeness (QED) is 0.593. The normalized spacial score (nSPS) is 11.6. The number of hydrogen-bond acceptors (Lipinski definition) is 4. The van der Waals surface area contributed by atoms with Gasteiger partial charge in [-0.25, -0.2) is 4.79 Å². The number of aliphatic carboxylic acids is 1. The zero-order valence-electron chi connectivity index (χ0n) is 10.00. The van der Waals surface area contributed by atoms with Crippen molar-refractivity contribution >= 4 is 23.5 Å². The number of carbonyl (C=O) groups is 3. The van der Waals surface area contributed by atoms with Crippen molar-refractivity contribution in [2.45, 2.75) is 18.9 Å². The van der Waals surface area contributed by atoms with Crippen LogP contribution in [0, 0.1) is 0 Å². The molecule has 0 spiro atoms. The third-order valence-electron chi connectivity index (χ3n) is 2.41. The highest BCUT2D eigenvalue weighted by molar-refractivity contribution is 5.95. The lowest BCUT2D eigenvalue weighted by Gasteiger charge is -2.11. The van der Waals surface area contributed by atoms with Gasteiger partial charge in [-0.15, -0.1) is 0 Å². The molecule has 0 bridgehead atoms. The summed E-state index contributed by atoms with van der Waals surface area (Å²) in [4.78, 5) is 32.6. The van der Waals surface area contributed by atoms with E-state index < -0.39 is 23.9 Å². The largest absolute Gasteiger partial charge is 0.481 e. The van der Waals surface area contributed by atoms with Crippen molar-refractivity contribution in [2.75, 3.05) is 5.32 Å². The van der Waals surface area contributed by atoms with E-state index in [0.29, 0.717) is 5.69 Å². The smallest absolute Gasteiger partial charge is 0.335 e. The first kappa shape index (κ1) is 14.7. The van der Waals surface area contributed by atoms with E-state index in [2.05, 4.69) is 5.32 Å². The summed E-state index contributed by atoms with van der Waals surface area (Å²) in [5.74, 6) is -2.59. The molecule has 0 saturated heterocycles. The fourth-order valence-corrected chi connectivity index (χ4v) is 1.34. The minimum Gasteiger partial charge on any atom is -0.481 e. The number of nitrogens with two attached hydrogens (primary N) is 1. The van der Waals surface area contributed by atoms with Crippen LogP contribution in [0.4, 0.5) is 5.69 Å². The topological polar surface area (TPSA) is 130 Å². The Bertz CT molecular complexity index is 483. The molecule has 0 unspecified atom stereocenters. The Hall–Kier alpha value is -2.41. The molecule has 102 valence electrons. The first-order chi connectivity index (χ1) is 8.90. The van der Waals surface area contributed by atoms with Gasteiger partial charge in [0, 0.05) is 12.1 Å². The summed E-state index contributed by atoms with van der Waals surface area (Å²) in [5, 5.41) is 19.7. The van der Waals surface area contributed by atoms with E-state index in [1.54, 1.807) is 0 Å². The number of nitrogens with one attached hydrogen (secondary N) is 1. The van der Waals surface area contributed by atoms with E-state index in [1.807, 2.05) is 0 Å².